The maximum Gasteiger partial charge on any atom is 0.134 e. The molecule has 2 fully saturated rings. The molecule has 0 spiro atoms. The highest BCUT2D eigenvalue weighted by Gasteiger charge is 2.62. The Morgan fingerprint density at radius 2 is 2.22 bits per heavy atom. The first-order chi connectivity index (χ1) is 4.22. The van der Waals surface area contributed by atoms with Gasteiger partial charge in [-0.1, -0.05) is 0 Å². The zero-order valence-electron chi connectivity index (χ0n) is 5.12. The van der Waals surface area contributed by atoms with Gasteiger partial charge in [-0.2, -0.15) is 0 Å². The summed E-state index contributed by atoms with van der Waals surface area (Å²) >= 11 is 0. The Kier molecular flexibility index (Phi) is 0.916. The summed E-state index contributed by atoms with van der Waals surface area (Å²) in [5, 5.41) is 8.87. The van der Waals surface area contributed by atoms with E-state index < -0.39 is 12.3 Å². The molecule has 0 amide bonds. The van der Waals surface area contributed by atoms with Crippen molar-refractivity contribution in [2.24, 2.45) is 5.92 Å². The van der Waals surface area contributed by atoms with E-state index in [1.54, 1.807) is 6.92 Å². The molecule has 5 atom stereocenters. The van der Waals surface area contributed by atoms with E-state index in [2.05, 4.69) is 0 Å². The lowest BCUT2D eigenvalue weighted by Crippen LogP contribution is -2.21. The molecule has 1 saturated heterocycles. The van der Waals surface area contributed by atoms with Crippen LogP contribution in [0.2, 0.25) is 0 Å². The molecule has 0 radical (unpaired) electrons. The second-order valence-electron chi connectivity index (χ2n) is 2.82. The molecule has 52 valence electrons. The van der Waals surface area contributed by atoms with Crippen LogP contribution in [0.1, 0.15) is 6.92 Å². The summed E-state index contributed by atoms with van der Waals surface area (Å²) in [4.78, 5) is 0. The average molecular weight is 132 g/mol. The Hall–Kier alpha value is -0.150. The predicted octanol–water partition coefficient (Wildman–Crippen LogP) is 0.102. The molecule has 1 aliphatic carbocycles. The van der Waals surface area contributed by atoms with Gasteiger partial charge in [-0.15, -0.1) is 0 Å². The number of fused-ring (bicyclic) bond motifs is 1. The summed E-state index contributed by atoms with van der Waals surface area (Å²) in [5.41, 5.74) is 0. The number of halogens is 1. The highest BCUT2D eigenvalue weighted by Crippen LogP contribution is 2.47. The highest BCUT2D eigenvalue weighted by atomic mass is 19.1. The monoisotopic (exact) mass is 132 g/mol. The first kappa shape index (κ1) is 5.62. The number of aliphatic hydroxyl groups is 1. The molecule has 2 rings (SSSR count). The molecule has 5 unspecified atom stereocenters. The number of alkyl halides is 1. The fourth-order valence-corrected chi connectivity index (χ4v) is 1.47. The first-order valence-corrected chi connectivity index (χ1v) is 3.19. The molecule has 1 saturated carbocycles. The number of aliphatic hydroxyl groups excluding tert-OH is 1. The van der Waals surface area contributed by atoms with E-state index in [1.807, 2.05) is 0 Å². The van der Waals surface area contributed by atoms with Gasteiger partial charge in [-0.05, 0) is 6.92 Å². The average Bonchev–Trinajstić information content (AvgIpc) is 2.29. The summed E-state index contributed by atoms with van der Waals surface area (Å²) < 4.78 is 17.8. The third kappa shape index (κ3) is 0.563. The fraction of sp³-hybridized carbons (Fsp3) is 1.00. The quantitative estimate of drug-likeness (QED) is 0.506. The van der Waals surface area contributed by atoms with Crippen LogP contribution in [0.4, 0.5) is 4.39 Å². The summed E-state index contributed by atoms with van der Waals surface area (Å²) in [5.74, 6) is -0.208. The summed E-state index contributed by atoms with van der Waals surface area (Å²) in [7, 11) is 0. The number of hydrogen-bond donors (Lipinski definition) is 1. The van der Waals surface area contributed by atoms with Crippen LogP contribution in [0.15, 0.2) is 0 Å². The normalized spacial score (nSPS) is 63.7. The smallest absolute Gasteiger partial charge is 0.134 e. The SMILES string of the molecule is CC1OC2C(O)C2C1F. The topological polar surface area (TPSA) is 29.5 Å². The van der Waals surface area contributed by atoms with Crippen LogP contribution in [-0.2, 0) is 4.74 Å². The minimum absolute atomic E-state index is 0.185. The van der Waals surface area contributed by atoms with Crippen LogP contribution < -0.4 is 0 Å². The Bertz CT molecular complexity index is 139. The number of hydrogen-bond acceptors (Lipinski definition) is 2. The van der Waals surface area contributed by atoms with Crippen molar-refractivity contribution < 1.29 is 14.2 Å². The van der Waals surface area contributed by atoms with E-state index >= 15 is 0 Å². The van der Waals surface area contributed by atoms with Crippen LogP contribution >= 0.6 is 0 Å². The van der Waals surface area contributed by atoms with Gasteiger partial charge in [-0.3, -0.25) is 0 Å². The summed E-state index contributed by atoms with van der Waals surface area (Å²) in [6.45, 7) is 1.70. The summed E-state index contributed by atoms with van der Waals surface area (Å²) in [6.07, 6.45) is -1.94. The minimum Gasteiger partial charge on any atom is -0.390 e. The molecular formula is C6H9FO2. The molecule has 1 aliphatic heterocycles. The molecule has 2 nitrogen and oxygen atoms in total. The number of rotatable bonds is 0. The molecule has 3 heteroatoms. The highest BCUT2D eigenvalue weighted by molar-refractivity contribution is 5.10. The number of ether oxygens (including phenoxy) is 1. The zero-order valence-corrected chi connectivity index (χ0v) is 5.12. The third-order valence-corrected chi connectivity index (χ3v) is 2.16. The van der Waals surface area contributed by atoms with Crippen molar-refractivity contribution in [3.05, 3.63) is 0 Å². The van der Waals surface area contributed by atoms with Gasteiger partial charge in [0.25, 0.3) is 0 Å². The van der Waals surface area contributed by atoms with Gasteiger partial charge < -0.3 is 9.84 Å². The van der Waals surface area contributed by atoms with Crippen LogP contribution in [-0.4, -0.2) is 29.6 Å². The van der Waals surface area contributed by atoms with Crippen LogP contribution in [0.5, 0.6) is 0 Å². The summed E-state index contributed by atoms with van der Waals surface area (Å²) in [6, 6.07) is 0. The molecule has 9 heavy (non-hydrogen) atoms. The van der Waals surface area contributed by atoms with E-state index in [0.29, 0.717) is 0 Å². The largest absolute Gasteiger partial charge is 0.390 e. The molecule has 2 aliphatic rings. The van der Waals surface area contributed by atoms with Crippen LogP contribution in [0.3, 0.4) is 0 Å². The van der Waals surface area contributed by atoms with Gasteiger partial charge in [0.2, 0.25) is 0 Å². The van der Waals surface area contributed by atoms with E-state index in [4.69, 9.17) is 9.84 Å². The standard InChI is InChI=1S/C6H9FO2/c1-2-4(7)3-5(8)6(3)9-2/h2-6,8H,1H3. The van der Waals surface area contributed by atoms with Crippen molar-refractivity contribution >= 4 is 0 Å². The fourth-order valence-electron chi connectivity index (χ4n) is 1.47. The molecule has 0 aromatic heterocycles. The molecule has 1 heterocycles. The van der Waals surface area contributed by atoms with Gasteiger partial charge in [-0.25, -0.2) is 4.39 Å². The van der Waals surface area contributed by atoms with Crippen LogP contribution in [0, 0.1) is 5.92 Å². The zero-order chi connectivity index (χ0) is 6.59. The van der Waals surface area contributed by atoms with E-state index in [-0.39, 0.29) is 18.1 Å². The maximum absolute atomic E-state index is 12.7. The lowest BCUT2D eigenvalue weighted by molar-refractivity contribution is 0.00992. The van der Waals surface area contributed by atoms with Gasteiger partial charge in [0.15, 0.2) is 0 Å². The van der Waals surface area contributed by atoms with Crippen molar-refractivity contribution in [1.82, 2.24) is 0 Å². The minimum atomic E-state index is -0.940. The van der Waals surface area contributed by atoms with Gasteiger partial charge in [0, 0.05) is 0 Å². The molecule has 0 bridgehead atoms. The van der Waals surface area contributed by atoms with E-state index in [9.17, 15) is 4.39 Å². The molecule has 0 aromatic rings. The second-order valence-corrected chi connectivity index (χ2v) is 2.82. The van der Waals surface area contributed by atoms with Gasteiger partial charge in [0.1, 0.15) is 6.17 Å². The van der Waals surface area contributed by atoms with Crippen molar-refractivity contribution in [2.75, 3.05) is 0 Å². The lowest BCUT2D eigenvalue weighted by Gasteiger charge is -2.09. The Labute approximate surface area is 52.6 Å². The third-order valence-electron chi connectivity index (χ3n) is 2.16. The van der Waals surface area contributed by atoms with Crippen LogP contribution in [0.25, 0.3) is 0 Å². The predicted molar refractivity (Wildman–Crippen MR) is 28.7 cm³/mol. The molecular weight excluding hydrogens is 123 g/mol. The molecule has 1 N–H and O–H groups in total. The van der Waals surface area contributed by atoms with E-state index in [0.717, 1.165) is 0 Å². The van der Waals surface area contributed by atoms with Crippen molar-refractivity contribution in [2.45, 2.75) is 31.4 Å². The lowest BCUT2D eigenvalue weighted by atomic mass is 10.2. The Morgan fingerprint density at radius 1 is 1.56 bits per heavy atom. The van der Waals surface area contributed by atoms with Crippen molar-refractivity contribution in [3.63, 3.8) is 0 Å². The van der Waals surface area contributed by atoms with E-state index in [1.165, 1.54) is 0 Å². The molecule has 0 aromatic carbocycles. The second kappa shape index (κ2) is 1.47. The van der Waals surface area contributed by atoms with Crippen molar-refractivity contribution in [1.29, 1.82) is 0 Å². The Morgan fingerprint density at radius 3 is 2.56 bits per heavy atom. The van der Waals surface area contributed by atoms with Crippen molar-refractivity contribution in [3.8, 4) is 0 Å². The first-order valence-electron chi connectivity index (χ1n) is 3.19. The Balaban J connectivity index is 2.07. The maximum atomic E-state index is 12.7. The van der Waals surface area contributed by atoms with Gasteiger partial charge in [0.05, 0.1) is 24.2 Å². The van der Waals surface area contributed by atoms with Gasteiger partial charge >= 0.3 is 0 Å².